The maximum atomic E-state index is 11.1. The van der Waals surface area contributed by atoms with E-state index in [-0.39, 0.29) is 5.75 Å². The van der Waals surface area contributed by atoms with E-state index >= 15 is 0 Å². The molecule has 0 aliphatic heterocycles. The monoisotopic (exact) mass is 253 g/mol. The molecule has 0 spiro atoms. The van der Waals surface area contributed by atoms with Crippen molar-refractivity contribution in [3.63, 3.8) is 0 Å². The highest BCUT2D eigenvalue weighted by atomic mass is 31.2. The highest BCUT2D eigenvalue weighted by Crippen LogP contribution is 2.38. The quantitative estimate of drug-likeness (QED) is 0.563. The fourth-order valence-corrected chi connectivity index (χ4v) is 2.51. The van der Waals surface area contributed by atoms with Gasteiger partial charge in [-0.15, -0.1) is 0 Å². The Kier molecular flexibility index (Phi) is 3.24. The summed E-state index contributed by atoms with van der Waals surface area (Å²) >= 11 is 0. The summed E-state index contributed by atoms with van der Waals surface area (Å²) in [4.78, 5) is 11.1. The van der Waals surface area contributed by atoms with E-state index in [4.69, 9.17) is 5.50 Å². The van der Waals surface area contributed by atoms with Crippen LogP contribution in [0.25, 0.3) is 5.57 Å². The number of hydrogen-bond acceptors (Lipinski definition) is 3. The largest absolute Gasteiger partial charge is 0.772 e. The van der Waals surface area contributed by atoms with Gasteiger partial charge in [0, 0.05) is 11.3 Å². The SMILES string of the molecule is NP(=O)([O-])Nc1ccc(O)cc1C1=CCCC1. The standard InChI is InChI=1S/C11H15N2O3P/c12-17(15,16)13-11-6-5-9(14)7-10(11)8-3-1-2-4-8/h3,5-7,14H,1-2,4H2,(H4,12,13,15,16)/p-1. The van der Waals surface area contributed by atoms with Gasteiger partial charge in [-0.1, -0.05) is 6.08 Å². The van der Waals surface area contributed by atoms with Crippen molar-refractivity contribution in [1.82, 2.24) is 0 Å². The summed E-state index contributed by atoms with van der Waals surface area (Å²) in [6.07, 6.45) is 4.95. The highest BCUT2D eigenvalue weighted by Gasteiger charge is 2.13. The second-order valence-corrected chi connectivity index (χ2v) is 5.48. The van der Waals surface area contributed by atoms with Gasteiger partial charge >= 0.3 is 0 Å². The minimum absolute atomic E-state index is 0.108. The molecule has 0 bridgehead atoms. The summed E-state index contributed by atoms with van der Waals surface area (Å²) < 4.78 is 11.1. The zero-order valence-electron chi connectivity index (χ0n) is 9.22. The van der Waals surface area contributed by atoms with Crippen LogP contribution in [-0.2, 0) is 4.57 Å². The van der Waals surface area contributed by atoms with Gasteiger partial charge in [0.15, 0.2) is 7.67 Å². The molecule has 1 aromatic rings. The number of nitrogens with two attached hydrogens (primary N) is 1. The molecule has 2 rings (SSSR count). The van der Waals surface area contributed by atoms with Crippen LogP contribution in [0, 0.1) is 0 Å². The van der Waals surface area contributed by atoms with Crippen LogP contribution >= 0.6 is 7.67 Å². The second-order valence-electron chi connectivity index (χ2n) is 4.06. The lowest BCUT2D eigenvalue weighted by Crippen LogP contribution is -2.17. The predicted octanol–water partition coefficient (Wildman–Crippen LogP) is 1.80. The summed E-state index contributed by atoms with van der Waals surface area (Å²) in [5.74, 6) is 0.108. The minimum Gasteiger partial charge on any atom is -0.772 e. The first-order valence-electron chi connectivity index (χ1n) is 5.36. The van der Waals surface area contributed by atoms with Gasteiger partial charge in [0.1, 0.15) is 5.75 Å². The molecule has 1 atom stereocenters. The van der Waals surface area contributed by atoms with E-state index in [0.29, 0.717) is 11.3 Å². The van der Waals surface area contributed by atoms with Crippen LogP contribution in [0.4, 0.5) is 5.69 Å². The molecule has 1 aliphatic carbocycles. The smallest absolute Gasteiger partial charge is 0.165 e. The van der Waals surface area contributed by atoms with Crippen LogP contribution in [0.5, 0.6) is 5.75 Å². The summed E-state index contributed by atoms with van der Waals surface area (Å²) in [5, 5.41) is 11.7. The fourth-order valence-electron chi connectivity index (χ4n) is 1.98. The Morgan fingerprint density at radius 3 is 2.82 bits per heavy atom. The number of benzene rings is 1. The average Bonchev–Trinajstić information content (AvgIpc) is 2.71. The lowest BCUT2D eigenvalue weighted by atomic mass is 10.0. The van der Waals surface area contributed by atoms with Crippen LogP contribution in [0.15, 0.2) is 24.3 Å². The minimum atomic E-state index is -4.08. The molecule has 92 valence electrons. The number of rotatable bonds is 3. The third kappa shape index (κ3) is 3.09. The van der Waals surface area contributed by atoms with Gasteiger partial charge in [0.25, 0.3) is 0 Å². The van der Waals surface area contributed by atoms with Gasteiger partial charge < -0.3 is 15.1 Å². The molecule has 0 saturated heterocycles. The lowest BCUT2D eigenvalue weighted by Gasteiger charge is -2.22. The molecular weight excluding hydrogens is 239 g/mol. The number of hydrogen-bond donors (Lipinski definition) is 3. The van der Waals surface area contributed by atoms with E-state index in [1.807, 2.05) is 6.08 Å². The maximum Gasteiger partial charge on any atom is 0.165 e. The molecule has 1 unspecified atom stereocenters. The molecule has 17 heavy (non-hydrogen) atoms. The number of phenols is 1. The number of nitrogens with one attached hydrogen (secondary N) is 1. The lowest BCUT2D eigenvalue weighted by molar-refractivity contribution is -0.173. The topological polar surface area (TPSA) is 98.4 Å². The molecule has 5 nitrogen and oxygen atoms in total. The molecule has 0 aromatic heterocycles. The Hall–Kier alpha value is -1.29. The van der Waals surface area contributed by atoms with E-state index in [1.165, 1.54) is 12.1 Å². The third-order valence-corrected chi connectivity index (χ3v) is 3.22. The average molecular weight is 253 g/mol. The van der Waals surface area contributed by atoms with Gasteiger partial charge in [0.2, 0.25) is 0 Å². The number of allylic oxidation sites excluding steroid dienone is 2. The molecule has 1 aromatic carbocycles. The molecule has 4 N–H and O–H groups in total. The normalized spacial score (nSPS) is 18.6. The van der Waals surface area contributed by atoms with Crippen molar-refractivity contribution in [2.24, 2.45) is 5.50 Å². The van der Waals surface area contributed by atoms with Crippen LogP contribution in [0.1, 0.15) is 24.8 Å². The van der Waals surface area contributed by atoms with Crippen LogP contribution < -0.4 is 15.5 Å². The molecule has 0 radical (unpaired) electrons. The van der Waals surface area contributed by atoms with Gasteiger partial charge in [0.05, 0.1) is 0 Å². The first-order valence-corrected chi connectivity index (χ1v) is 7.05. The molecule has 6 heteroatoms. The highest BCUT2D eigenvalue weighted by molar-refractivity contribution is 7.55. The molecule has 0 heterocycles. The number of aromatic hydroxyl groups is 1. The van der Waals surface area contributed by atoms with Crippen molar-refractivity contribution >= 4 is 18.9 Å². The Balaban J connectivity index is 2.41. The van der Waals surface area contributed by atoms with Crippen LogP contribution in [0.3, 0.4) is 0 Å². The van der Waals surface area contributed by atoms with E-state index in [0.717, 1.165) is 24.8 Å². The van der Waals surface area contributed by atoms with Crippen molar-refractivity contribution in [2.45, 2.75) is 19.3 Å². The zero-order chi connectivity index (χ0) is 12.5. The molecule has 0 fully saturated rings. The van der Waals surface area contributed by atoms with E-state index in [2.05, 4.69) is 5.09 Å². The van der Waals surface area contributed by atoms with Gasteiger partial charge in [-0.25, -0.2) is 0 Å². The Morgan fingerprint density at radius 1 is 1.47 bits per heavy atom. The van der Waals surface area contributed by atoms with E-state index < -0.39 is 7.67 Å². The first kappa shape index (κ1) is 12.2. The van der Waals surface area contributed by atoms with Crippen molar-refractivity contribution in [2.75, 3.05) is 5.09 Å². The Labute approximate surface area is 99.5 Å². The summed E-state index contributed by atoms with van der Waals surface area (Å²) in [6.45, 7) is 0. The van der Waals surface area contributed by atoms with Gasteiger partial charge in [-0.3, -0.25) is 10.1 Å². The Morgan fingerprint density at radius 2 is 2.24 bits per heavy atom. The molecule has 0 amide bonds. The number of anilines is 1. The zero-order valence-corrected chi connectivity index (χ0v) is 10.1. The second kappa shape index (κ2) is 4.53. The number of phenolic OH excluding ortho intramolecular Hbond substituents is 1. The summed E-state index contributed by atoms with van der Waals surface area (Å²) in [5.41, 5.74) is 7.13. The third-order valence-electron chi connectivity index (χ3n) is 2.67. The predicted molar refractivity (Wildman–Crippen MR) is 65.4 cm³/mol. The molecular formula is C11H14N2O3P-. The fraction of sp³-hybridized carbons (Fsp3) is 0.273. The van der Waals surface area contributed by atoms with Crippen LogP contribution in [-0.4, -0.2) is 5.11 Å². The van der Waals surface area contributed by atoms with Gasteiger partial charge in [-0.05, 0) is 43.0 Å². The van der Waals surface area contributed by atoms with Gasteiger partial charge in [-0.2, -0.15) is 0 Å². The summed E-state index contributed by atoms with van der Waals surface area (Å²) in [7, 11) is -4.08. The van der Waals surface area contributed by atoms with Crippen molar-refractivity contribution < 1.29 is 14.6 Å². The van der Waals surface area contributed by atoms with Crippen molar-refractivity contribution in [3.05, 3.63) is 29.8 Å². The van der Waals surface area contributed by atoms with Crippen molar-refractivity contribution in [3.8, 4) is 5.75 Å². The van der Waals surface area contributed by atoms with Crippen molar-refractivity contribution in [1.29, 1.82) is 0 Å². The van der Waals surface area contributed by atoms with Crippen LogP contribution in [0.2, 0.25) is 0 Å². The summed E-state index contributed by atoms with van der Waals surface area (Å²) in [6, 6.07) is 4.49. The molecule has 0 saturated carbocycles. The Bertz CT molecular complexity index is 507. The maximum absolute atomic E-state index is 11.1. The molecule has 1 aliphatic rings. The van der Waals surface area contributed by atoms with E-state index in [9.17, 15) is 14.6 Å². The van der Waals surface area contributed by atoms with E-state index in [1.54, 1.807) is 6.07 Å². The first-order chi connectivity index (χ1) is 7.96.